The predicted molar refractivity (Wildman–Crippen MR) is 81.1 cm³/mol. The monoisotopic (exact) mass is 276 g/mol. The number of anilines is 1. The minimum atomic E-state index is -0.341. The molecule has 0 aliphatic carbocycles. The van der Waals surface area contributed by atoms with Gasteiger partial charge in [-0.15, -0.1) is 0 Å². The first-order valence-corrected chi connectivity index (χ1v) is 7.18. The third-order valence-electron chi connectivity index (χ3n) is 3.29. The Balaban J connectivity index is 2.23. The zero-order chi connectivity index (χ0) is 14.8. The lowest BCUT2D eigenvalue weighted by Gasteiger charge is -2.13. The Morgan fingerprint density at radius 1 is 1.40 bits per heavy atom. The first kappa shape index (κ1) is 14.8. The highest BCUT2D eigenvalue weighted by Gasteiger charge is 2.19. The van der Waals surface area contributed by atoms with E-state index in [-0.39, 0.29) is 11.5 Å². The van der Waals surface area contributed by atoms with Crippen molar-refractivity contribution in [3.8, 4) is 0 Å². The lowest BCUT2D eigenvalue weighted by molar-refractivity contribution is 0.176. The molecule has 0 spiro atoms. The van der Waals surface area contributed by atoms with E-state index in [4.69, 9.17) is 0 Å². The number of hydrogen-bond acceptors (Lipinski definition) is 4. The van der Waals surface area contributed by atoms with Gasteiger partial charge in [-0.3, -0.25) is 0 Å². The molecule has 2 aromatic heterocycles. The van der Waals surface area contributed by atoms with Crippen LogP contribution in [0.25, 0.3) is 5.52 Å². The quantitative estimate of drug-likeness (QED) is 0.881. The van der Waals surface area contributed by atoms with Crippen molar-refractivity contribution >= 4 is 11.3 Å². The minimum Gasteiger partial charge on any atom is -0.391 e. The van der Waals surface area contributed by atoms with Gasteiger partial charge in [0.25, 0.3) is 0 Å². The zero-order valence-corrected chi connectivity index (χ0v) is 12.7. The molecule has 0 amide bonds. The van der Waals surface area contributed by atoms with Crippen molar-refractivity contribution in [1.82, 2.24) is 14.6 Å². The molecule has 20 heavy (non-hydrogen) atoms. The van der Waals surface area contributed by atoms with Crippen LogP contribution in [0.3, 0.4) is 0 Å². The van der Waals surface area contributed by atoms with Gasteiger partial charge in [0.15, 0.2) is 5.82 Å². The first-order chi connectivity index (χ1) is 9.41. The van der Waals surface area contributed by atoms with Gasteiger partial charge in [-0.1, -0.05) is 34.1 Å². The molecular weight excluding hydrogens is 252 g/mol. The summed E-state index contributed by atoms with van der Waals surface area (Å²) in [7, 11) is 0. The number of aliphatic hydroxyl groups is 1. The van der Waals surface area contributed by atoms with Crippen molar-refractivity contribution in [2.45, 2.75) is 52.1 Å². The van der Waals surface area contributed by atoms with Crippen LogP contribution in [-0.4, -0.2) is 32.4 Å². The van der Waals surface area contributed by atoms with E-state index in [1.807, 2.05) is 10.7 Å². The van der Waals surface area contributed by atoms with Gasteiger partial charge in [0.05, 0.1) is 11.8 Å². The van der Waals surface area contributed by atoms with Gasteiger partial charge in [-0.25, -0.2) is 9.50 Å². The van der Waals surface area contributed by atoms with Crippen LogP contribution < -0.4 is 5.32 Å². The van der Waals surface area contributed by atoms with Gasteiger partial charge in [-0.2, -0.15) is 5.10 Å². The number of aromatic nitrogens is 3. The highest BCUT2D eigenvalue weighted by molar-refractivity contribution is 5.68. The molecule has 1 unspecified atom stereocenters. The van der Waals surface area contributed by atoms with E-state index < -0.39 is 0 Å². The average molecular weight is 276 g/mol. The van der Waals surface area contributed by atoms with E-state index in [9.17, 15) is 5.11 Å². The largest absolute Gasteiger partial charge is 0.391 e. The summed E-state index contributed by atoms with van der Waals surface area (Å²) < 4.78 is 1.84. The van der Waals surface area contributed by atoms with E-state index in [1.54, 1.807) is 6.20 Å². The van der Waals surface area contributed by atoms with Crippen molar-refractivity contribution in [1.29, 1.82) is 0 Å². The van der Waals surface area contributed by atoms with E-state index in [1.165, 1.54) is 0 Å². The maximum Gasteiger partial charge on any atom is 0.152 e. The molecule has 0 fully saturated rings. The van der Waals surface area contributed by atoms with Crippen molar-refractivity contribution in [3.63, 3.8) is 0 Å². The molecule has 5 nitrogen and oxygen atoms in total. The summed E-state index contributed by atoms with van der Waals surface area (Å²) in [4.78, 5) is 4.35. The van der Waals surface area contributed by atoms with Crippen LogP contribution in [0.5, 0.6) is 0 Å². The van der Waals surface area contributed by atoms with E-state index >= 15 is 0 Å². The van der Waals surface area contributed by atoms with E-state index in [0.29, 0.717) is 6.54 Å². The number of aliphatic hydroxyl groups excluding tert-OH is 1. The maximum atomic E-state index is 9.80. The van der Waals surface area contributed by atoms with Crippen molar-refractivity contribution in [2.75, 3.05) is 11.9 Å². The smallest absolute Gasteiger partial charge is 0.152 e. The standard InChI is InChI=1S/C15H24N4O/c1-5-6-11(20)10-17-14-12-9-13(15(2,3)4)18-19(12)8-7-16-14/h7-9,11,20H,5-6,10H2,1-4H3,(H,16,17). The Morgan fingerprint density at radius 3 is 2.80 bits per heavy atom. The van der Waals surface area contributed by atoms with Crippen LogP contribution >= 0.6 is 0 Å². The number of nitrogens with zero attached hydrogens (tertiary/aromatic N) is 3. The molecule has 0 aliphatic rings. The second-order valence-electron chi connectivity index (χ2n) is 6.21. The molecule has 110 valence electrons. The lowest BCUT2D eigenvalue weighted by atomic mass is 9.92. The average Bonchev–Trinajstić information content (AvgIpc) is 2.81. The van der Waals surface area contributed by atoms with Gasteiger partial charge in [0.1, 0.15) is 5.52 Å². The SMILES string of the molecule is CCCC(O)CNc1nccn2nc(C(C)(C)C)cc12. The lowest BCUT2D eigenvalue weighted by Crippen LogP contribution is -2.19. The molecule has 5 heteroatoms. The summed E-state index contributed by atoms with van der Waals surface area (Å²) in [5.74, 6) is 0.769. The molecule has 0 saturated carbocycles. The summed E-state index contributed by atoms with van der Waals surface area (Å²) in [5, 5.41) is 17.6. The first-order valence-electron chi connectivity index (χ1n) is 7.18. The zero-order valence-electron chi connectivity index (χ0n) is 12.7. The summed E-state index contributed by atoms with van der Waals surface area (Å²) in [6.45, 7) is 8.99. The topological polar surface area (TPSA) is 62.5 Å². The second-order valence-corrected chi connectivity index (χ2v) is 6.21. The maximum absolute atomic E-state index is 9.80. The third-order valence-corrected chi connectivity index (χ3v) is 3.29. The van der Waals surface area contributed by atoms with Gasteiger partial charge < -0.3 is 10.4 Å². The Labute approximate surface area is 120 Å². The normalized spacial score (nSPS) is 13.7. The molecule has 2 N–H and O–H groups in total. The highest BCUT2D eigenvalue weighted by atomic mass is 16.3. The highest BCUT2D eigenvalue weighted by Crippen LogP contribution is 2.24. The number of nitrogens with one attached hydrogen (secondary N) is 1. The fourth-order valence-electron chi connectivity index (χ4n) is 2.07. The molecule has 2 aromatic rings. The fraction of sp³-hybridized carbons (Fsp3) is 0.600. The molecule has 2 heterocycles. The molecule has 2 rings (SSSR count). The molecular formula is C15H24N4O. The second kappa shape index (κ2) is 5.79. The van der Waals surface area contributed by atoms with Crippen LogP contribution in [0.4, 0.5) is 5.82 Å². The van der Waals surface area contributed by atoms with E-state index in [0.717, 1.165) is 29.9 Å². The summed E-state index contributed by atoms with van der Waals surface area (Å²) in [6.07, 6.45) is 5.00. The Bertz CT molecular complexity index is 571. The molecule has 0 bridgehead atoms. The van der Waals surface area contributed by atoms with Gasteiger partial charge in [0.2, 0.25) is 0 Å². The molecule has 0 aromatic carbocycles. The Morgan fingerprint density at radius 2 is 2.15 bits per heavy atom. The molecule has 0 radical (unpaired) electrons. The number of fused-ring (bicyclic) bond motifs is 1. The van der Waals surface area contributed by atoms with Crippen LogP contribution in [-0.2, 0) is 5.41 Å². The van der Waals surface area contributed by atoms with Crippen molar-refractivity contribution < 1.29 is 5.11 Å². The summed E-state index contributed by atoms with van der Waals surface area (Å²) in [5.41, 5.74) is 1.98. The molecule has 0 aliphatic heterocycles. The van der Waals surface area contributed by atoms with Gasteiger partial charge in [0, 0.05) is 24.4 Å². The summed E-state index contributed by atoms with van der Waals surface area (Å²) >= 11 is 0. The van der Waals surface area contributed by atoms with Gasteiger partial charge >= 0.3 is 0 Å². The van der Waals surface area contributed by atoms with E-state index in [2.05, 4.69) is 49.2 Å². The Kier molecular flexibility index (Phi) is 4.28. The summed E-state index contributed by atoms with van der Waals surface area (Å²) in [6, 6.07) is 2.06. The van der Waals surface area contributed by atoms with Crippen molar-refractivity contribution in [2.24, 2.45) is 0 Å². The van der Waals surface area contributed by atoms with Crippen LogP contribution in [0.15, 0.2) is 18.5 Å². The van der Waals surface area contributed by atoms with Crippen LogP contribution in [0, 0.1) is 0 Å². The predicted octanol–water partition coefficient (Wildman–Crippen LogP) is 2.60. The van der Waals surface area contributed by atoms with Crippen LogP contribution in [0.2, 0.25) is 0 Å². The van der Waals surface area contributed by atoms with Gasteiger partial charge in [-0.05, 0) is 12.5 Å². The third kappa shape index (κ3) is 3.28. The number of rotatable bonds is 5. The minimum absolute atomic E-state index is 0.00497. The van der Waals surface area contributed by atoms with Crippen molar-refractivity contribution in [3.05, 3.63) is 24.2 Å². The molecule has 1 atom stereocenters. The van der Waals surface area contributed by atoms with Crippen LogP contribution in [0.1, 0.15) is 46.2 Å². The Hall–Kier alpha value is -1.62. The fourth-order valence-corrected chi connectivity index (χ4v) is 2.07. The molecule has 0 saturated heterocycles. The number of hydrogen-bond donors (Lipinski definition) is 2.